The lowest BCUT2D eigenvalue weighted by Gasteiger charge is -2.11. The number of hydrogen-bond acceptors (Lipinski definition) is 4. The molecule has 1 aromatic heterocycles. The number of nitrogens with two attached hydrogens (primary N) is 1. The molecule has 0 unspecified atom stereocenters. The molecule has 0 saturated carbocycles. The van der Waals surface area contributed by atoms with Crippen LogP contribution in [0.5, 0.6) is 5.75 Å². The number of benzene rings is 1. The van der Waals surface area contributed by atoms with E-state index in [1.165, 1.54) is 19.3 Å². The SMILES string of the molecule is Nc1nc(COc2ccccc2)nc2c1CCCCC2. The molecule has 2 N–H and O–H groups in total. The van der Waals surface area contributed by atoms with Crippen molar-refractivity contribution in [3.05, 3.63) is 47.4 Å². The second-order valence-corrected chi connectivity index (χ2v) is 5.11. The van der Waals surface area contributed by atoms with Crippen LogP contribution in [0.1, 0.15) is 36.3 Å². The zero-order valence-corrected chi connectivity index (χ0v) is 11.5. The molecular weight excluding hydrogens is 250 g/mol. The molecule has 0 spiro atoms. The molecule has 1 aromatic carbocycles. The van der Waals surface area contributed by atoms with Crippen molar-refractivity contribution in [1.82, 2.24) is 9.97 Å². The van der Waals surface area contributed by atoms with E-state index in [2.05, 4.69) is 9.97 Å². The zero-order valence-electron chi connectivity index (χ0n) is 11.5. The fraction of sp³-hybridized carbons (Fsp3) is 0.375. The van der Waals surface area contributed by atoms with Gasteiger partial charge in [0.05, 0.1) is 0 Å². The van der Waals surface area contributed by atoms with Gasteiger partial charge in [-0.05, 0) is 37.8 Å². The standard InChI is InChI=1S/C16H19N3O/c17-16-13-9-5-2-6-10-14(13)18-15(19-16)11-20-12-7-3-1-4-8-12/h1,3-4,7-8H,2,5-6,9-11H2,(H2,17,18,19). The molecule has 1 aliphatic carbocycles. The highest BCUT2D eigenvalue weighted by Gasteiger charge is 2.15. The first-order valence-electron chi connectivity index (χ1n) is 7.15. The fourth-order valence-electron chi connectivity index (χ4n) is 2.58. The highest BCUT2D eigenvalue weighted by Crippen LogP contribution is 2.23. The minimum atomic E-state index is 0.363. The maximum Gasteiger partial charge on any atom is 0.168 e. The number of hydrogen-bond donors (Lipinski definition) is 1. The van der Waals surface area contributed by atoms with Gasteiger partial charge in [-0.3, -0.25) is 0 Å². The van der Waals surface area contributed by atoms with Crippen molar-refractivity contribution in [2.75, 3.05) is 5.73 Å². The average Bonchev–Trinajstić information content (AvgIpc) is 2.72. The van der Waals surface area contributed by atoms with Crippen LogP contribution in [0.4, 0.5) is 5.82 Å². The summed E-state index contributed by atoms with van der Waals surface area (Å²) in [6, 6.07) is 9.70. The van der Waals surface area contributed by atoms with Crippen molar-refractivity contribution in [2.45, 2.75) is 38.7 Å². The molecule has 2 aromatic rings. The quantitative estimate of drug-likeness (QED) is 0.870. The summed E-state index contributed by atoms with van der Waals surface area (Å²) in [5.41, 5.74) is 8.33. The van der Waals surface area contributed by atoms with Crippen molar-refractivity contribution in [3.8, 4) is 5.75 Å². The van der Waals surface area contributed by atoms with Gasteiger partial charge in [-0.15, -0.1) is 0 Å². The molecule has 0 bridgehead atoms. The fourth-order valence-corrected chi connectivity index (χ4v) is 2.58. The largest absolute Gasteiger partial charge is 0.486 e. The summed E-state index contributed by atoms with van der Waals surface area (Å²) in [5.74, 6) is 2.13. The summed E-state index contributed by atoms with van der Waals surface area (Å²) in [7, 11) is 0. The van der Waals surface area contributed by atoms with Gasteiger partial charge in [0.15, 0.2) is 5.82 Å². The lowest BCUT2D eigenvalue weighted by Crippen LogP contribution is -2.10. The predicted molar refractivity (Wildman–Crippen MR) is 78.5 cm³/mol. The molecule has 1 heterocycles. The van der Waals surface area contributed by atoms with Crippen LogP contribution in [-0.2, 0) is 19.4 Å². The van der Waals surface area contributed by atoms with Crippen LogP contribution in [0.25, 0.3) is 0 Å². The smallest absolute Gasteiger partial charge is 0.168 e. The summed E-state index contributed by atoms with van der Waals surface area (Å²) in [6.07, 6.45) is 5.61. The molecular formula is C16H19N3O. The Balaban J connectivity index is 1.77. The third-order valence-corrected chi connectivity index (χ3v) is 3.62. The molecule has 0 aliphatic heterocycles. The number of nitrogen functional groups attached to an aromatic ring is 1. The molecule has 20 heavy (non-hydrogen) atoms. The monoisotopic (exact) mass is 269 g/mol. The molecule has 1 aliphatic rings. The van der Waals surface area contributed by atoms with Gasteiger partial charge in [0.2, 0.25) is 0 Å². The zero-order chi connectivity index (χ0) is 13.8. The number of nitrogens with zero attached hydrogens (tertiary/aromatic N) is 2. The maximum atomic E-state index is 6.07. The second-order valence-electron chi connectivity index (χ2n) is 5.11. The van der Waals surface area contributed by atoms with Crippen LogP contribution in [-0.4, -0.2) is 9.97 Å². The van der Waals surface area contributed by atoms with Gasteiger partial charge in [-0.25, -0.2) is 9.97 Å². The van der Waals surface area contributed by atoms with Gasteiger partial charge in [0.25, 0.3) is 0 Å². The van der Waals surface area contributed by atoms with Crippen molar-refractivity contribution < 1.29 is 4.74 Å². The van der Waals surface area contributed by atoms with Crippen LogP contribution in [0.2, 0.25) is 0 Å². The van der Waals surface area contributed by atoms with E-state index in [1.807, 2.05) is 30.3 Å². The number of anilines is 1. The number of aryl methyl sites for hydroxylation is 1. The normalized spacial score (nSPS) is 14.4. The molecule has 0 saturated heterocycles. The number of ether oxygens (including phenoxy) is 1. The molecule has 4 heteroatoms. The molecule has 3 rings (SSSR count). The van der Waals surface area contributed by atoms with Crippen molar-refractivity contribution in [1.29, 1.82) is 0 Å². The predicted octanol–water partition coefficient (Wildman–Crippen LogP) is 2.91. The maximum absolute atomic E-state index is 6.07. The first kappa shape index (κ1) is 12.9. The van der Waals surface area contributed by atoms with Crippen molar-refractivity contribution >= 4 is 5.82 Å². The summed E-state index contributed by atoms with van der Waals surface area (Å²) >= 11 is 0. The van der Waals surface area contributed by atoms with Gasteiger partial charge in [-0.1, -0.05) is 24.6 Å². The summed E-state index contributed by atoms with van der Waals surface area (Å²) in [6.45, 7) is 0.363. The van der Waals surface area contributed by atoms with E-state index in [4.69, 9.17) is 10.5 Å². The van der Waals surface area contributed by atoms with E-state index < -0.39 is 0 Å². The third-order valence-electron chi connectivity index (χ3n) is 3.62. The molecule has 0 amide bonds. The van der Waals surface area contributed by atoms with Crippen molar-refractivity contribution in [2.24, 2.45) is 0 Å². The van der Waals surface area contributed by atoms with Crippen LogP contribution >= 0.6 is 0 Å². The topological polar surface area (TPSA) is 61.0 Å². The lowest BCUT2D eigenvalue weighted by atomic mass is 10.1. The van der Waals surface area contributed by atoms with Crippen LogP contribution in [0, 0.1) is 0 Å². The Morgan fingerprint density at radius 3 is 2.65 bits per heavy atom. The third kappa shape index (κ3) is 2.90. The van der Waals surface area contributed by atoms with E-state index >= 15 is 0 Å². The summed E-state index contributed by atoms with van der Waals surface area (Å²) < 4.78 is 5.69. The molecule has 104 valence electrons. The molecule has 0 radical (unpaired) electrons. The van der Waals surface area contributed by atoms with E-state index in [1.54, 1.807) is 0 Å². The number of rotatable bonds is 3. The Kier molecular flexibility index (Phi) is 3.81. The van der Waals surface area contributed by atoms with Gasteiger partial charge >= 0.3 is 0 Å². The Hall–Kier alpha value is -2.10. The highest BCUT2D eigenvalue weighted by atomic mass is 16.5. The first-order valence-corrected chi connectivity index (χ1v) is 7.15. The van der Waals surface area contributed by atoms with Crippen molar-refractivity contribution in [3.63, 3.8) is 0 Å². The second kappa shape index (κ2) is 5.90. The number of aromatic nitrogens is 2. The minimum absolute atomic E-state index is 0.363. The van der Waals surface area contributed by atoms with E-state index in [9.17, 15) is 0 Å². The van der Waals surface area contributed by atoms with Crippen LogP contribution in [0.15, 0.2) is 30.3 Å². The molecule has 0 fully saturated rings. The number of para-hydroxylation sites is 1. The highest BCUT2D eigenvalue weighted by molar-refractivity contribution is 5.43. The molecule has 4 nitrogen and oxygen atoms in total. The Labute approximate surface area is 119 Å². The Morgan fingerprint density at radius 1 is 1.00 bits per heavy atom. The average molecular weight is 269 g/mol. The van der Waals surface area contributed by atoms with Crippen LogP contribution < -0.4 is 10.5 Å². The van der Waals surface area contributed by atoms with Crippen LogP contribution in [0.3, 0.4) is 0 Å². The van der Waals surface area contributed by atoms with Gasteiger partial charge in [0, 0.05) is 11.3 Å². The van der Waals surface area contributed by atoms with Gasteiger partial charge in [-0.2, -0.15) is 0 Å². The van der Waals surface area contributed by atoms with E-state index in [0.29, 0.717) is 18.2 Å². The van der Waals surface area contributed by atoms with E-state index in [0.717, 1.165) is 29.8 Å². The lowest BCUT2D eigenvalue weighted by molar-refractivity contribution is 0.295. The van der Waals surface area contributed by atoms with E-state index in [-0.39, 0.29) is 0 Å². The minimum Gasteiger partial charge on any atom is -0.486 e. The van der Waals surface area contributed by atoms with Gasteiger partial charge in [0.1, 0.15) is 18.2 Å². The Bertz CT molecular complexity index is 584. The first-order chi connectivity index (χ1) is 9.83. The molecule has 0 atom stereocenters. The Morgan fingerprint density at radius 2 is 1.80 bits per heavy atom. The summed E-state index contributed by atoms with van der Waals surface area (Å²) in [5, 5.41) is 0. The summed E-state index contributed by atoms with van der Waals surface area (Å²) in [4.78, 5) is 9.02. The number of fused-ring (bicyclic) bond motifs is 1. The van der Waals surface area contributed by atoms with Gasteiger partial charge < -0.3 is 10.5 Å².